The van der Waals surface area contributed by atoms with Crippen molar-refractivity contribution in [3.8, 4) is 0 Å². The zero-order valence-electron chi connectivity index (χ0n) is 9.94. The van der Waals surface area contributed by atoms with Gasteiger partial charge in [0.1, 0.15) is 11.5 Å². The van der Waals surface area contributed by atoms with Crippen LogP contribution in [0.4, 0.5) is 4.39 Å². The van der Waals surface area contributed by atoms with E-state index in [1.165, 1.54) is 12.1 Å². The number of aromatic amines is 1. The van der Waals surface area contributed by atoms with Crippen molar-refractivity contribution in [2.45, 2.75) is 6.42 Å². The molecule has 98 valence electrons. The molecule has 0 aliphatic carbocycles. The number of amides is 2. The van der Waals surface area contributed by atoms with Crippen molar-refractivity contribution in [1.82, 2.24) is 15.8 Å². The summed E-state index contributed by atoms with van der Waals surface area (Å²) in [6.45, 7) is 0. The SMILES string of the molecule is O=C(Cc1ccccc1F)NNC(=O)c1ccc[nH]1. The van der Waals surface area contributed by atoms with Gasteiger partial charge in [-0.15, -0.1) is 0 Å². The van der Waals surface area contributed by atoms with Gasteiger partial charge in [0, 0.05) is 6.20 Å². The van der Waals surface area contributed by atoms with Gasteiger partial charge in [0.05, 0.1) is 6.42 Å². The molecule has 2 amide bonds. The molecule has 5 nitrogen and oxygen atoms in total. The lowest BCUT2D eigenvalue weighted by molar-refractivity contribution is -0.121. The Bertz CT molecular complexity index is 581. The smallest absolute Gasteiger partial charge is 0.286 e. The minimum atomic E-state index is -0.495. The summed E-state index contributed by atoms with van der Waals surface area (Å²) < 4.78 is 13.3. The Morgan fingerprint density at radius 2 is 1.89 bits per heavy atom. The van der Waals surface area contributed by atoms with E-state index in [1.807, 2.05) is 0 Å². The largest absolute Gasteiger partial charge is 0.357 e. The second kappa shape index (κ2) is 5.81. The van der Waals surface area contributed by atoms with Gasteiger partial charge in [0.25, 0.3) is 5.91 Å². The molecule has 1 aromatic carbocycles. The molecule has 1 aromatic heterocycles. The highest BCUT2D eigenvalue weighted by molar-refractivity contribution is 5.93. The molecule has 0 fully saturated rings. The van der Waals surface area contributed by atoms with Crippen LogP contribution in [0.1, 0.15) is 16.1 Å². The van der Waals surface area contributed by atoms with Crippen LogP contribution in [0, 0.1) is 5.82 Å². The maximum atomic E-state index is 13.3. The average Bonchev–Trinajstić information content (AvgIpc) is 2.93. The van der Waals surface area contributed by atoms with E-state index in [0.717, 1.165) is 0 Å². The van der Waals surface area contributed by atoms with Crippen LogP contribution < -0.4 is 10.9 Å². The maximum Gasteiger partial charge on any atom is 0.286 e. The number of carbonyl (C=O) groups excluding carboxylic acids is 2. The quantitative estimate of drug-likeness (QED) is 0.725. The van der Waals surface area contributed by atoms with E-state index < -0.39 is 17.6 Å². The lowest BCUT2D eigenvalue weighted by Crippen LogP contribution is -2.42. The van der Waals surface area contributed by atoms with Crippen molar-refractivity contribution in [2.24, 2.45) is 0 Å². The van der Waals surface area contributed by atoms with Crippen LogP contribution in [0.2, 0.25) is 0 Å². The summed E-state index contributed by atoms with van der Waals surface area (Å²) in [6.07, 6.45) is 1.45. The van der Waals surface area contributed by atoms with Crippen molar-refractivity contribution in [1.29, 1.82) is 0 Å². The number of hydrogen-bond acceptors (Lipinski definition) is 2. The molecule has 2 rings (SSSR count). The predicted molar refractivity (Wildman–Crippen MR) is 66.5 cm³/mol. The molecule has 0 spiro atoms. The molecule has 1 heterocycles. The Balaban J connectivity index is 1.86. The van der Waals surface area contributed by atoms with Crippen molar-refractivity contribution in [3.05, 3.63) is 59.7 Å². The van der Waals surface area contributed by atoms with Crippen LogP contribution in [-0.2, 0) is 11.2 Å². The summed E-state index contributed by atoms with van der Waals surface area (Å²) in [5, 5.41) is 0. The van der Waals surface area contributed by atoms with Crippen LogP contribution in [-0.4, -0.2) is 16.8 Å². The molecule has 0 radical (unpaired) electrons. The number of hydrogen-bond donors (Lipinski definition) is 3. The number of hydrazine groups is 1. The van der Waals surface area contributed by atoms with Gasteiger partial charge in [-0.1, -0.05) is 18.2 Å². The van der Waals surface area contributed by atoms with Crippen molar-refractivity contribution in [2.75, 3.05) is 0 Å². The first kappa shape index (κ1) is 12.8. The van der Waals surface area contributed by atoms with Crippen LogP contribution in [0.3, 0.4) is 0 Å². The van der Waals surface area contributed by atoms with Gasteiger partial charge in [0.2, 0.25) is 5.91 Å². The first-order valence-corrected chi connectivity index (χ1v) is 5.63. The number of halogens is 1. The zero-order valence-corrected chi connectivity index (χ0v) is 9.94. The summed E-state index contributed by atoms with van der Waals surface area (Å²) in [7, 11) is 0. The fourth-order valence-electron chi connectivity index (χ4n) is 1.52. The Labute approximate surface area is 108 Å². The van der Waals surface area contributed by atoms with E-state index in [0.29, 0.717) is 5.69 Å². The van der Waals surface area contributed by atoms with Gasteiger partial charge in [0.15, 0.2) is 0 Å². The van der Waals surface area contributed by atoms with E-state index in [9.17, 15) is 14.0 Å². The lowest BCUT2D eigenvalue weighted by Gasteiger charge is -2.06. The molecule has 3 N–H and O–H groups in total. The molecular weight excluding hydrogens is 249 g/mol. The fourth-order valence-corrected chi connectivity index (χ4v) is 1.52. The van der Waals surface area contributed by atoms with E-state index in [4.69, 9.17) is 0 Å². The molecule has 2 aromatic rings. The second-order valence-electron chi connectivity index (χ2n) is 3.85. The van der Waals surface area contributed by atoms with Gasteiger partial charge in [-0.2, -0.15) is 0 Å². The molecule has 0 unspecified atom stereocenters. The number of benzene rings is 1. The van der Waals surface area contributed by atoms with E-state index in [-0.39, 0.29) is 12.0 Å². The lowest BCUT2D eigenvalue weighted by atomic mass is 10.1. The molecule has 0 atom stereocenters. The van der Waals surface area contributed by atoms with Crippen molar-refractivity contribution >= 4 is 11.8 Å². The summed E-state index contributed by atoms with van der Waals surface area (Å²) in [4.78, 5) is 25.7. The average molecular weight is 261 g/mol. The molecule has 19 heavy (non-hydrogen) atoms. The topological polar surface area (TPSA) is 74.0 Å². The first-order chi connectivity index (χ1) is 9.16. The molecule has 0 aliphatic heterocycles. The Morgan fingerprint density at radius 1 is 1.11 bits per heavy atom. The monoisotopic (exact) mass is 261 g/mol. The molecule has 6 heteroatoms. The third-order valence-electron chi connectivity index (χ3n) is 2.47. The maximum absolute atomic E-state index is 13.3. The highest BCUT2D eigenvalue weighted by Gasteiger charge is 2.10. The third-order valence-corrected chi connectivity index (χ3v) is 2.47. The number of nitrogens with one attached hydrogen (secondary N) is 3. The normalized spacial score (nSPS) is 9.95. The highest BCUT2D eigenvalue weighted by atomic mass is 19.1. The van der Waals surface area contributed by atoms with Crippen LogP contribution in [0.5, 0.6) is 0 Å². The number of H-pyrrole nitrogens is 1. The minimum absolute atomic E-state index is 0.141. The van der Waals surface area contributed by atoms with Gasteiger partial charge in [-0.05, 0) is 23.8 Å². The second-order valence-corrected chi connectivity index (χ2v) is 3.85. The van der Waals surface area contributed by atoms with Gasteiger partial charge >= 0.3 is 0 Å². The predicted octanol–water partition coefficient (Wildman–Crippen LogP) is 1.16. The van der Waals surface area contributed by atoms with E-state index in [2.05, 4.69) is 15.8 Å². The Hall–Kier alpha value is -2.63. The Kier molecular flexibility index (Phi) is 3.92. The van der Waals surface area contributed by atoms with Gasteiger partial charge in [-0.25, -0.2) is 4.39 Å². The van der Waals surface area contributed by atoms with Gasteiger partial charge < -0.3 is 4.98 Å². The summed E-state index contributed by atoms with van der Waals surface area (Å²) >= 11 is 0. The van der Waals surface area contributed by atoms with Crippen LogP contribution in [0.15, 0.2) is 42.6 Å². The third kappa shape index (κ3) is 3.41. The van der Waals surface area contributed by atoms with Crippen LogP contribution in [0.25, 0.3) is 0 Å². The number of rotatable bonds is 3. The molecule has 0 aliphatic rings. The molecule has 0 bridgehead atoms. The number of carbonyl (C=O) groups is 2. The summed E-state index contributed by atoms with van der Waals surface area (Å²) in [5.74, 6) is -1.41. The van der Waals surface area contributed by atoms with E-state index >= 15 is 0 Å². The summed E-state index contributed by atoms with van der Waals surface area (Å²) in [6, 6.07) is 9.21. The minimum Gasteiger partial charge on any atom is -0.357 e. The van der Waals surface area contributed by atoms with Crippen molar-refractivity contribution in [3.63, 3.8) is 0 Å². The molecular formula is C13H12FN3O2. The summed E-state index contributed by atoms with van der Waals surface area (Å²) in [5.41, 5.74) is 5.05. The highest BCUT2D eigenvalue weighted by Crippen LogP contribution is 2.06. The van der Waals surface area contributed by atoms with Crippen LogP contribution >= 0.6 is 0 Å². The standard InChI is InChI=1S/C13H12FN3O2/c14-10-5-2-1-4-9(10)8-12(18)16-17-13(19)11-6-3-7-15-11/h1-7,15H,8H2,(H,16,18)(H,17,19). The van der Waals surface area contributed by atoms with E-state index in [1.54, 1.807) is 30.5 Å². The zero-order chi connectivity index (χ0) is 13.7. The van der Waals surface area contributed by atoms with Crippen molar-refractivity contribution < 1.29 is 14.0 Å². The number of aromatic nitrogens is 1. The molecule has 0 saturated heterocycles. The Morgan fingerprint density at radius 3 is 2.58 bits per heavy atom. The molecule has 0 saturated carbocycles. The first-order valence-electron chi connectivity index (χ1n) is 5.63. The van der Waals surface area contributed by atoms with Gasteiger partial charge in [-0.3, -0.25) is 20.4 Å². The fraction of sp³-hybridized carbons (Fsp3) is 0.0769.